The molecule has 0 bridgehead atoms. The molecule has 0 atom stereocenters. The van der Waals surface area contributed by atoms with Crippen LogP contribution in [0.4, 0.5) is 5.00 Å². The number of likely N-dealkylation sites (tertiary alicyclic amines) is 1. The minimum atomic E-state index is 0.0767. The third kappa shape index (κ3) is 5.46. The second kappa shape index (κ2) is 11.1. The van der Waals surface area contributed by atoms with Crippen molar-refractivity contribution in [2.24, 2.45) is 0 Å². The van der Waals surface area contributed by atoms with E-state index in [0.29, 0.717) is 19.7 Å². The van der Waals surface area contributed by atoms with Gasteiger partial charge >= 0.3 is 0 Å². The molecule has 0 unspecified atom stereocenters. The van der Waals surface area contributed by atoms with Gasteiger partial charge in [-0.2, -0.15) is 0 Å². The Labute approximate surface area is 211 Å². The summed E-state index contributed by atoms with van der Waals surface area (Å²) in [5.74, 6) is 1.66. The Morgan fingerprint density at radius 1 is 0.971 bits per heavy atom. The molecule has 2 fully saturated rings. The van der Waals surface area contributed by atoms with Crippen LogP contribution in [0.5, 0.6) is 11.5 Å². The molecule has 0 saturated carbocycles. The highest BCUT2D eigenvalue weighted by atomic mass is 32.1. The number of carbonyl (C=O) groups is 1. The van der Waals surface area contributed by atoms with E-state index in [9.17, 15) is 4.79 Å². The molecule has 1 amide bonds. The van der Waals surface area contributed by atoms with Crippen LogP contribution in [0.25, 0.3) is 11.1 Å². The third-order valence-electron chi connectivity index (χ3n) is 6.48. The molecule has 2 aliphatic rings. The summed E-state index contributed by atoms with van der Waals surface area (Å²) in [5, 5.41) is 1.16. The van der Waals surface area contributed by atoms with Crippen molar-refractivity contribution in [1.29, 1.82) is 0 Å². The van der Waals surface area contributed by atoms with Gasteiger partial charge < -0.3 is 24.0 Å². The van der Waals surface area contributed by atoms with Gasteiger partial charge in [0.05, 0.1) is 29.7 Å². The Balaban J connectivity index is 1.28. The van der Waals surface area contributed by atoms with Crippen LogP contribution in [0.1, 0.15) is 29.4 Å². The van der Waals surface area contributed by atoms with Gasteiger partial charge in [0.25, 0.3) is 5.91 Å². The Morgan fingerprint density at radius 3 is 2.37 bits per heavy atom. The van der Waals surface area contributed by atoms with Crippen molar-refractivity contribution in [1.82, 2.24) is 4.90 Å². The van der Waals surface area contributed by atoms with Gasteiger partial charge in [-0.05, 0) is 30.7 Å². The molecule has 0 aliphatic carbocycles. The molecular formula is C28H32N2O4S. The van der Waals surface area contributed by atoms with Crippen molar-refractivity contribution in [2.45, 2.75) is 25.9 Å². The average Bonchev–Trinajstić information content (AvgIpc) is 3.37. The zero-order chi connectivity index (χ0) is 24.0. The average molecular weight is 493 g/mol. The molecule has 2 aliphatic heterocycles. The van der Waals surface area contributed by atoms with Crippen LogP contribution in [0.3, 0.4) is 0 Å². The number of carbonyl (C=O) groups excluding carboxylic acids is 1. The van der Waals surface area contributed by atoms with Gasteiger partial charge in [-0.25, -0.2) is 0 Å². The lowest BCUT2D eigenvalue weighted by atomic mass is 10.1. The standard InChI is InChI=1S/C28H32N2O4S/c1-2-33-24-10-6-7-11-25(24)34-22-12-14-29(15-13-22)27(31)26-20-23(21-8-4-3-5-9-21)28(35-26)30-16-18-32-19-17-30/h3-11,20,22H,2,12-19H2,1H3. The predicted octanol–water partition coefficient (Wildman–Crippen LogP) is 5.33. The van der Waals surface area contributed by atoms with E-state index < -0.39 is 0 Å². The van der Waals surface area contributed by atoms with Gasteiger partial charge in [0.1, 0.15) is 6.10 Å². The van der Waals surface area contributed by atoms with Crippen LogP contribution >= 0.6 is 11.3 Å². The minimum absolute atomic E-state index is 0.0767. The molecule has 0 radical (unpaired) electrons. The van der Waals surface area contributed by atoms with Gasteiger partial charge in [-0.15, -0.1) is 11.3 Å². The highest BCUT2D eigenvalue weighted by Gasteiger charge is 2.28. The van der Waals surface area contributed by atoms with Crippen LogP contribution in [0, 0.1) is 0 Å². The van der Waals surface area contributed by atoms with Crippen molar-refractivity contribution in [2.75, 3.05) is 50.9 Å². The number of hydrogen-bond acceptors (Lipinski definition) is 6. The van der Waals surface area contributed by atoms with E-state index in [-0.39, 0.29) is 12.0 Å². The fraction of sp³-hybridized carbons (Fsp3) is 0.393. The zero-order valence-electron chi connectivity index (χ0n) is 20.2. The number of anilines is 1. The fourth-order valence-corrected chi connectivity index (χ4v) is 5.85. The molecule has 6 nitrogen and oxygen atoms in total. The molecule has 5 rings (SSSR count). The normalized spacial score (nSPS) is 16.8. The number of morpholine rings is 1. The zero-order valence-corrected chi connectivity index (χ0v) is 21.0. The number of amides is 1. The summed E-state index contributed by atoms with van der Waals surface area (Å²) >= 11 is 1.60. The number of piperidine rings is 1. The lowest BCUT2D eigenvalue weighted by Crippen LogP contribution is -2.41. The maximum Gasteiger partial charge on any atom is 0.264 e. The minimum Gasteiger partial charge on any atom is -0.490 e. The van der Waals surface area contributed by atoms with Crippen LogP contribution in [-0.2, 0) is 4.74 Å². The molecule has 0 spiro atoms. The van der Waals surface area contributed by atoms with E-state index >= 15 is 0 Å². The number of hydrogen-bond donors (Lipinski definition) is 0. The highest BCUT2D eigenvalue weighted by molar-refractivity contribution is 7.18. The van der Waals surface area contributed by atoms with Gasteiger partial charge in [0.15, 0.2) is 11.5 Å². The lowest BCUT2D eigenvalue weighted by molar-refractivity contribution is 0.0594. The number of benzene rings is 2. The molecule has 35 heavy (non-hydrogen) atoms. The molecule has 2 saturated heterocycles. The van der Waals surface area contributed by atoms with E-state index in [0.717, 1.165) is 71.6 Å². The first-order chi connectivity index (χ1) is 17.2. The summed E-state index contributed by atoms with van der Waals surface area (Å²) < 4.78 is 17.5. The monoisotopic (exact) mass is 492 g/mol. The molecule has 1 aromatic heterocycles. The Kier molecular flexibility index (Phi) is 7.54. The Bertz CT molecular complexity index is 1120. The van der Waals surface area contributed by atoms with E-state index in [4.69, 9.17) is 14.2 Å². The molecule has 7 heteroatoms. The van der Waals surface area contributed by atoms with Gasteiger partial charge in [-0.3, -0.25) is 4.79 Å². The topological polar surface area (TPSA) is 51.2 Å². The van der Waals surface area contributed by atoms with Crippen molar-refractivity contribution in [3.05, 3.63) is 65.5 Å². The first-order valence-corrected chi connectivity index (χ1v) is 13.2. The van der Waals surface area contributed by atoms with E-state index in [1.165, 1.54) is 0 Å². The maximum absolute atomic E-state index is 13.5. The number of thiophene rings is 1. The van der Waals surface area contributed by atoms with E-state index in [1.54, 1.807) is 11.3 Å². The van der Waals surface area contributed by atoms with E-state index in [1.807, 2.05) is 54.3 Å². The number of nitrogens with zero attached hydrogens (tertiary/aromatic N) is 2. The molecule has 184 valence electrons. The van der Waals surface area contributed by atoms with Crippen LogP contribution < -0.4 is 14.4 Å². The van der Waals surface area contributed by atoms with Crippen LogP contribution in [0.2, 0.25) is 0 Å². The second-order valence-electron chi connectivity index (χ2n) is 8.78. The first-order valence-electron chi connectivity index (χ1n) is 12.4. The maximum atomic E-state index is 13.5. The molecule has 3 heterocycles. The van der Waals surface area contributed by atoms with Gasteiger partial charge in [0, 0.05) is 44.6 Å². The smallest absolute Gasteiger partial charge is 0.264 e. The summed E-state index contributed by atoms with van der Waals surface area (Å²) in [4.78, 5) is 18.6. The summed E-state index contributed by atoms with van der Waals surface area (Å²) in [7, 11) is 0. The molecular weight excluding hydrogens is 460 g/mol. The fourth-order valence-electron chi connectivity index (χ4n) is 4.65. The molecule has 2 aromatic carbocycles. The van der Waals surface area contributed by atoms with Crippen LogP contribution in [0.15, 0.2) is 60.7 Å². The third-order valence-corrected chi connectivity index (χ3v) is 7.66. The summed E-state index contributed by atoms with van der Waals surface area (Å²) in [6.07, 6.45) is 1.69. The summed E-state index contributed by atoms with van der Waals surface area (Å²) in [5.41, 5.74) is 2.27. The number of ether oxygens (including phenoxy) is 3. The lowest BCUT2D eigenvalue weighted by Gasteiger charge is -2.32. The second-order valence-corrected chi connectivity index (χ2v) is 9.81. The van der Waals surface area contributed by atoms with Crippen molar-refractivity contribution >= 4 is 22.2 Å². The van der Waals surface area contributed by atoms with Gasteiger partial charge in [0.2, 0.25) is 0 Å². The van der Waals surface area contributed by atoms with Crippen molar-refractivity contribution < 1.29 is 19.0 Å². The number of para-hydroxylation sites is 2. The largest absolute Gasteiger partial charge is 0.490 e. The quantitative estimate of drug-likeness (QED) is 0.446. The predicted molar refractivity (Wildman–Crippen MR) is 140 cm³/mol. The number of rotatable bonds is 7. The summed E-state index contributed by atoms with van der Waals surface area (Å²) in [6.45, 7) is 7.08. The summed E-state index contributed by atoms with van der Waals surface area (Å²) in [6, 6.07) is 20.2. The van der Waals surface area contributed by atoms with Gasteiger partial charge in [-0.1, -0.05) is 42.5 Å². The SMILES string of the molecule is CCOc1ccccc1OC1CCN(C(=O)c2cc(-c3ccccc3)c(N3CCOCC3)s2)CC1. The Hall–Kier alpha value is -3.03. The van der Waals surface area contributed by atoms with Crippen LogP contribution in [-0.4, -0.2) is 62.9 Å². The molecule has 0 N–H and O–H groups in total. The van der Waals surface area contributed by atoms with Crippen molar-refractivity contribution in [3.8, 4) is 22.6 Å². The first kappa shape index (κ1) is 23.7. The Morgan fingerprint density at radius 2 is 1.66 bits per heavy atom. The molecule has 3 aromatic rings. The van der Waals surface area contributed by atoms with E-state index in [2.05, 4.69) is 23.1 Å². The highest BCUT2D eigenvalue weighted by Crippen LogP contribution is 2.40. The van der Waals surface area contributed by atoms with Crippen molar-refractivity contribution in [3.63, 3.8) is 0 Å².